The van der Waals surface area contributed by atoms with Crippen molar-refractivity contribution in [3.63, 3.8) is 0 Å². The minimum atomic E-state index is -0.491. The molecule has 6 nitrogen and oxygen atoms in total. The normalized spacial score (nSPS) is 23.6. The fourth-order valence-corrected chi connectivity index (χ4v) is 3.60. The van der Waals surface area contributed by atoms with Crippen molar-refractivity contribution in [2.75, 3.05) is 32.8 Å². The molecule has 3 rings (SSSR count). The summed E-state index contributed by atoms with van der Waals surface area (Å²) in [6.45, 7) is 4.02. The molecule has 1 aliphatic carbocycles. The molecule has 1 N–H and O–H groups in total. The van der Waals surface area contributed by atoms with Crippen molar-refractivity contribution in [1.29, 1.82) is 5.26 Å². The van der Waals surface area contributed by atoms with E-state index in [1.54, 1.807) is 6.21 Å². The van der Waals surface area contributed by atoms with E-state index < -0.39 is 5.97 Å². The Morgan fingerprint density at radius 1 is 1.32 bits per heavy atom. The van der Waals surface area contributed by atoms with Crippen LogP contribution in [0.2, 0.25) is 0 Å². The van der Waals surface area contributed by atoms with Crippen molar-refractivity contribution in [1.82, 2.24) is 10.2 Å². The maximum Gasteiger partial charge on any atom is 0.349 e. The lowest BCUT2D eigenvalue weighted by Gasteiger charge is -2.30. The summed E-state index contributed by atoms with van der Waals surface area (Å²) in [7, 11) is 0. The fourth-order valence-electron chi connectivity index (χ4n) is 3.60. The van der Waals surface area contributed by atoms with E-state index in [1.807, 2.05) is 6.08 Å². The number of nitriles is 1. The van der Waals surface area contributed by atoms with Crippen LogP contribution in [0.4, 0.5) is 0 Å². The van der Waals surface area contributed by atoms with Crippen LogP contribution < -0.4 is 5.32 Å². The zero-order valence-electron chi connectivity index (χ0n) is 14.7. The average molecular weight is 342 g/mol. The van der Waals surface area contributed by atoms with Gasteiger partial charge in [-0.2, -0.15) is 5.26 Å². The Morgan fingerprint density at radius 2 is 2.08 bits per heavy atom. The van der Waals surface area contributed by atoms with Gasteiger partial charge in [0.25, 0.3) is 0 Å². The van der Waals surface area contributed by atoms with Crippen LogP contribution in [0.1, 0.15) is 38.5 Å². The van der Waals surface area contributed by atoms with E-state index in [0.29, 0.717) is 24.5 Å². The van der Waals surface area contributed by atoms with Gasteiger partial charge in [0.1, 0.15) is 17.5 Å². The molecule has 0 aromatic carbocycles. The summed E-state index contributed by atoms with van der Waals surface area (Å²) in [4.78, 5) is 19.0. The second-order valence-corrected chi connectivity index (χ2v) is 6.87. The number of aliphatic imine (C=N–C) groups is 1. The summed E-state index contributed by atoms with van der Waals surface area (Å²) in [5.74, 6) is 0.785. The first-order chi connectivity index (χ1) is 12.3. The smallest absolute Gasteiger partial charge is 0.349 e. The fraction of sp³-hybridized carbons (Fsp3) is 0.632. The van der Waals surface area contributed by atoms with Gasteiger partial charge in [0.2, 0.25) is 0 Å². The van der Waals surface area contributed by atoms with E-state index in [2.05, 4.69) is 21.3 Å². The van der Waals surface area contributed by atoms with Crippen LogP contribution in [-0.4, -0.2) is 49.9 Å². The summed E-state index contributed by atoms with van der Waals surface area (Å²) in [6, 6.07) is 2.05. The third kappa shape index (κ3) is 4.70. The van der Waals surface area contributed by atoms with Gasteiger partial charge in [-0.15, -0.1) is 0 Å². The van der Waals surface area contributed by atoms with Crippen LogP contribution in [0.15, 0.2) is 28.0 Å². The molecular weight excluding hydrogens is 316 g/mol. The van der Waals surface area contributed by atoms with Gasteiger partial charge >= 0.3 is 5.97 Å². The van der Waals surface area contributed by atoms with Crippen LogP contribution >= 0.6 is 0 Å². The lowest BCUT2D eigenvalue weighted by atomic mass is 9.90. The van der Waals surface area contributed by atoms with Gasteiger partial charge in [0.15, 0.2) is 0 Å². The highest BCUT2D eigenvalue weighted by molar-refractivity contribution is 5.95. The zero-order chi connectivity index (χ0) is 17.5. The molecule has 3 aliphatic rings. The largest absolute Gasteiger partial charge is 0.461 e. The SMILES string of the molecule is N#C/C(C(=O)OCC1CCCCC1)=C1\C=C(N2CCNCC2)N=CC1. The van der Waals surface area contributed by atoms with Gasteiger partial charge in [-0.25, -0.2) is 9.79 Å². The van der Waals surface area contributed by atoms with Gasteiger partial charge in [0, 0.05) is 38.8 Å². The molecule has 6 heteroatoms. The number of nitrogens with one attached hydrogen (secondary N) is 1. The Hall–Kier alpha value is -2.13. The molecule has 1 saturated carbocycles. The molecular formula is C19H26N4O2. The molecule has 2 aliphatic heterocycles. The lowest BCUT2D eigenvalue weighted by molar-refractivity contribution is -0.140. The van der Waals surface area contributed by atoms with Crippen LogP contribution in [0, 0.1) is 17.2 Å². The number of carbonyl (C=O) groups excluding carboxylic acids is 1. The first-order valence-electron chi connectivity index (χ1n) is 9.28. The maximum atomic E-state index is 12.4. The Labute approximate surface area is 149 Å². The number of rotatable bonds is 4. The van der Waals surface area contributed by atoms with Gasteiger partial charge < -0.3 is 15.0 Å². The molecule has 0 bridgehead atoms. The van der Waals surface area contributed by atoms with Crippen molar-refractivity contribution >= 4 is 12.2 Å². The third-order valence-electron chi connectivity index (χ3n) is 5.09. The van der Waals surface area contributed by atoms with Crippen LogP contribution in [0.5, 0.6) is 0 Å². The molecule has 0 aromatic heterocycles. The van der Waals surface area contributed by atoms with Crippen molar-refractivity contribution < 1.29 is 9.53 Å². The number of nitrogens with zero attached hydrogens (tertiary/aromatic N) is 3. The molecule has 0 radical (unpaired) electrons. The lowest BCUT2D eigenvalue weighted by Crippen LogP contribution is -2.42. The van der Waals surface area contributed by atoms with Crippen molar-refractivity contribution in [2.45, 2.75) is 38.5 Å². The van der Waals surface area contributed by atoms with Crippen LogP contribution in [0.3, 0.4) is 0 Å². The number of allylic oxidation sites excluding steroid dienone is 2. The third-order valence-corrected chi connectivity index (χ3v) is 5.09. The first-order valence-corrected chi connectivity index (χ1v) is 9.28. The highest BCUT2D eigenvalue weighted by Crippen LogP contribution is 2.25. The standard InChI is InChI=1S/C19H26N4O2/c20-13-17(19(24)25-14-15-4-2-1-3-5-15)16-6-7-22-18(12-16)23-10-8-21-9-11-23/h7,12,15,21H,1-6,8-11,14H2/b17-16+. The molecule has 0 atom stereocenters. The predicted molar refractivity (Wildman–Crippen MR) is 95.8 cm³/mol. The van der Waals surface area contributed by atoms with E-state index in [9.17, 15) is 10.1 Å². The second-order valence-electron chi connectivity index (χ2n) is 6.87. The molecule has 0 amide bonds. The molecule has 2 fully saturated rings. The van der Waals surface area contributed by atoms with Crippen molar-refractivity contribution in [3.05, 3.63) is 23.0 Å². The number of piperazine rings is 1. The Bertz CT molecular complexity index is 618. The quantitative estimate of drug-likeness (QED) is 0.481. The number of hydrogen-bond acceptors (Lipinski definition) is 6. The Balaban J connectivity index is 1.66. The van der Waals surface area contributed by atoms with Crippen LogP contribution in [0.25, 0.3) is 0 Å². The molecule has 134 valence electrons. The first kappa shape index (κ1) is 17.7. The number of hydrogen-bond donors (Lipinski definition) is 1. The number of ether oxygens (including phenoxy) is 1. The number of carbonyl (C=O) groups is 1. The summed E-state index contributed by atoms with van der Waals surface area (Å²) in [6.07, 6.45) is 10.1. The van der Waals surface area contributed by atoms with E-state index >= 15 is 0 Å². The minimum Gasteiger partial charge on any atom is -0.461 e. The van der Waals surface area contributed by atoms with E-state index in [-0.39, 0.29) is 5.57 Å². The van der Waals surface area contributed by atoms with Gasteiger partial charge in [-0.1, -0.05) is 19.3 Å². The second kappa shape index (κ2) is 8.82. The average Bonchev–Trinajstić information content (AvgIpc) is 2.69. The van der Waals surface area contributed by atoms with Gasteiger partial charge in [0.05, 0.1) is 6.61 Å². The monoisotopic (exact) mass is 342 g/mol. The summed E-state index contributed by atoms with van der Waals surface area (Å²) >= 11 is 0. The van der Waals surface area contributed by atoms with Crippen molar-refractivity contribution in [2.24, 2.45) is 10.9 Å². The maximum absolute atomic E-state index is 12.4. The zero-order valence-corrected chi connectivity index (χ0v) is 14.7. The minimum absolute atomic E-state index is 0.120. The molecule has 25 heavy (non-hydrogen) atoms. The summed E-state index contributed by atoms with van der Waals surface area (Å²) in [5, 5.41) is 12.8. The topological polar surface area (TPSA) is 77.7 Å². The van der Waals surface area contributed by atoms with E-state index in [1.165, 1.54) is 19.3 Å². The molecule has 1 saturated heterocycles. The number of esters is 1. The van der Waals surface area contributed by atoms with E-state index in [4.69, 9.17) is 4.74 Å². The van der Waals surface area contributed by atoms with Crippen LogP contribution in [-0.2, 0) is 9.53 Å². The molecule has 2 heterocycles. The Morgan fingerprint density at radius 3 is 2.80 bits per heavy atom. The summed E-state index contributed by atoms with van der Waals surface area (Å²) in [5.41, 5.74) is 0.828. The van der Waals surface area contributed by atoms with Crippen molar-refractivity contribution in [3.8, 4) is 6.07 Å². The summed E-state index contributed by atoms with van der Waals surface area (Å²) < 4.78 is 5.45. The van der Waals surface area contributed by atoms with Gasteiger partial charge in [-0.3, -0.25) is 0 Å². The molecule has 0 spiro atoms. The predicted octanol–water partition coefficient (Wildman–Crippen LogP) is 2.15. The highest BCUT2D eigenvalue weighted by Gasteiger charge is 2.22. The molecule has 0 unspecified atom stereocenters. The van der Waals surface area contributed by atoms with Gasteiger partial charge in [-0.05, 0) is 30.4 Å². The van der Waals surface area contributed by atoms with E-state index in [0.717, 1.165) is 44.8 Å². The molecule has 0 aromatic rings. The Kier molecular flexibility index (Phi) is 6.24. The highest BCUT2D eigenvalue weighted by atomic mass is 16.5.